The van der Waals surface area contributed by atoms with Gasteiger partial charge in [-0.1, -0.05) is 26.2 Å². The van der Waals surface area contributed by atoms with Gasteiger partial charge in [0.2, 0.25) is 5.95 Å². The van der Waals surface area contributed by atoms with Crippen molar-refractivity contribution in [1.82, 2.24) is 14.6 Å². The minimum Gasteiger partial charge on any atom is -0.353 e. The third-order valence-corrected chi connectivity index (χ3v) is 4.18. The molecular formula is C15H21FN4. The number of hydrogen-bond acceptors (Lipinski definition) is 3. The van der Waals surface area contributed by atoms with Gasteiger partial charge < -0.3 is 5.32 Å². The highest BCUT2D eigenvalue weighted by molar-refractivity contribution is 5.42. The van der Waals surface area contributed by atoms with Gasteiger partial charge in [0.1, 0.15) is 5.82 Å². The van der Waals surface area contributed by atoms with Gasteiger partial charge >= 0.3 is 0 Å². The average molecular weight is 276 g/mol. The van der Waals surface area contributed by atoms with Crippen LogP contribution in [0.1, 0.15) is 39.0 Å². The van der Waals surface area contributed by atoms with Crippen molar-refractivity contribution in [3.8, 4) is 0 Å². The smallest absolute Gasteiger partial charge is 0.243 e. The first kappa shape index (κ1) is 13.3. The van der Waals surface area contributed by atoms with Crippen LogP contribution in [0.4, 0.5) is 10.3 Å². The number of fused-ring (bicyclic) bond motifs is 1. The first-order chi connectivity index (χ1) is 9.70. The van der Waals surface area contributed by atoms with Gasteiger partial charge in [-0.25, -0.2) is 8.91 Å². The van der Waals surface area contributed by atoms with Crippen LogP contribution in [0.5, 0.6) is 0 Å². The highest BCUT2D eigenvalue weighted by Crippen LogP contribution is 2.30. The van der Waals surface area contributed by atoms with Crippen LogP contribution in [0, 0.1) is 17.7 Å². The zero-order valence-corrected chi connectivity index (χ0v) is 11.8. The molecule has 20 heavy (non-hydrogen) atoms. The average Bonchev–Trinajstić information content (AvgIpc) is 2.80. The first-order valence-corrected chi connectivity index (χ1v) is 7.46. The number of halogens is 1. The Kier molecular flexibility index (Phi) is 3.85. The summed E-state index contributed by atoms with van der Waals surface area (Å²) >= 11 is 0. The lowest BCUT2D eigenvalue weighted by Crippen LogP contribution is -2.16. The minimum absolute atomic E-state index is 0.301. The van der Waals surface area contributed by atoms with Crippen LogP contribution in [0.3, 0.4) is 0 Å². The number of hydrogen-bond donors (Lipinski definition) is 1. The highest BCUT2D eigenvalue weighted by atomic mass is 19.1. The van der Waals surface area contributed by atoms with Crippen molar-refractivity contribution < 1.29 is 4.39 Å². The molecule has 0 saturated heterocycles. The molecule has 3 rings (SSSR count). The second kappa shape index (κ2) is 5.77. The molecule has 0 aromatic carbocycles. The van der Waals surface area contributed by atoms with Crippen molar-refractivity contribution in [2.75, 3.05) is 11.9 Å². The molecule has 2 unspecified atom stereocenters. The Balaban J connectivity index is 1.54. The monoisotopic (exact) mass is 276 g/mol. The van der Waals surface area contributed by atoms with E-state index in [0.717, 1.165) is 24.8 Å². The van der Waals surface area contributed by atoms with E-state index in [9.17, 15) is 4.39 Å². The largest absolute Gasteiger partial charge is 0.353 e. The second-order valence-corrected chi connectivity index (χ2v) is 5.94. The summed E-state index contributed by atoms with van der Waals surface area (Å²) in [7, 11) is 0. The SMILES string of the molecule is CC1CCCC(CCNc2nc3ccc(F)cn3n2)C1. The molecule has 2 heterocycles. The summed E-state index contributed by atoms with van der Waals surface area (Å²) in [6, 6.07) is 3.04. The molecule has 108 valence electrons. The van der Waals surface area contributed by atoms with Gasteiger partial charge in [0, 0.05) is 6.54 Å². The lowest BCUT2D eigenvalue weighted by Gasteiger charge is -2.26. The van der Waals surface area contributed by atoms with Gasteiger partial charge in [-0.05, 0) is 36.8 Å². The fraction of sp³-hybridized carbons (Fsp3) is 0.600. The molecule has 2 atom stereocenters. The Morgan fingerprint density at radius 2 is 2.30 bits per heavy atom. The summed E-state index contributed by atoms with van der Waals surface area (Å²) in [6.45, 7) is 3.23. The molecular weight excluding hydrogens is 255 g/mol. The lowest BCUT2D eigenvalue weighted by atomic mass is 9.81. The van der Waals surface area contributed by atoms with Crippen LogP contribution in [-0.4, -0.2) is 21.1 Å². The van der Waals surface area contributed by atoms with E-state index in [1.807, 2.05) is 0 Å². The van der Waals surface area contributed by atoms with Gasteiger partial charge in [0.05, 0.1) is 6.20 Å². The number of aromatic nitrogens is 3. The van der Waals surface area contributed by atoms with Crippen molar-refractivity contribution in [2.45, 2.75) is 39.0 Å². The maximum absolute atomic E-state index is 13.1. The molecule has 2 aromatic heterocycles. The summed E-state index contributed by atoms with van der Waals surface area (Å²) in [5.74, 6) is 1.97. The van der Waals surface area contributed by atoms with E-state index in [-0.39, 0.29) is 5.82 Å². The Bertz CT molecular complexity index is 580. The van der Waals surface area contributed by atoms with Gasteiger partial charge in [-0.15, -0.1) is 5.10 Å². The zero-order chi connectivity index (χ0) is 13.9. The van der Waals surface area contributed by atoms with E-state index in [1.165, 1.54) is 42.5 Å². The molecule has 0 aliphatic heterocycles. The normalized spacial score (nSPS) is 23.1. The molecule has 0 amide bonds. The van der Waals surface area contributed by atoms with E-state index >= 15 is 0 Å². The van der Waals surface area contributed by atoms with Gasteiger partial charge in [-0.3, -0.25) is 0 Å². The summed E-state index contributed by atoms with van der Waals surface area (Å²) in [4.78, 5) is 4.33. The number of anilines is 1. The second-order valence-electron chi connectivity index (χ2n) is 5.94. The van der Waals surface area contributed by atoms with E-state index in [1.54, 1.807) is 6.07 Å². The minimum atomic E-state index is -0.301. The van der Waals surface area contributed by atoms with E-state index in [0.29, 0.717) is 11.6 Å². The molecule has 0 radical (unpaired) electrons. The van der Waals surface area contributed by atoms with Crippen LogP contribution >= 0.6 is 0 Å². The van der Waals surface area contributed by atoms with E-state index in [4.69, 9.17) is 0 Å². The lowest BCUT2D eigenvalue weighted by molar-refractivity contribution is 0.274. The van der Waals surface area contributed by atoms with Crippen LogP contribution in [0.25, 0.3) is 5.65 Å². The molecule has 5 heteroatoms. The summed E-state index contributed by atoms with van der Waals surface area (Å²) in [6.07, 6.45) is 7.92. The summed E-state index contributed by atoms with van der Waals surface area (Å²) in [5, 5.41) is 7.48. The number of pyridine rings is 1. The third kappa shape index (κ3) is 3.08. The number of nitrogens with one attached hydrogen (secondary N) is 1. The third-order valence-electron chi connectivity index (χ3n) is 4.18. The van der Waals surface area contributed by atoms with Crippen LogP contribution in [0.2, 0.25) is 0 Å². The van der Waals surface area contributed by atoms with Gasteiger partial charge in [0.15, 0.2) is 5.65 Å². The van der Waals surface area contributed by atoms with Crippen molar-refractivity contribution in [2.24, 2.45) is 11.8 Å². The van der Waals surface area contributed by atoms with Crippen molar-refractivity contribution >= 4 is 11.6 Å². The standard InChI is InChI=1S/C15H21FN4/c1-11-3-2-4-12(9-11)7-8-17-15-18-14-6-5-13(16)10-20(14)19-15/h5-6,10-12H,2-4,7-9H2,1H3,(H,17,19). The number of rotatable bonds is 4. The quantitative estimate of drug-likeness (QED) is 0.929. The van der Waals surface area contributed by atoms with Crippen molar-refractivity contribution in [1.29, 1.82) is 0 Å². The van der Waals surface area contributed by atoms with E-state index < -0.39 is 0 Å². The topological polar surface area (TPSA) is 42.2 Å². The predicted molar refractivity (Wildman–Crippen MR) is 77.2 cm³/mol. The van der Waals surface area contributed by atoms with Crippen LogP contribution in [0.15, 0.2) is 18.3 Å². The molecule has 1 aliphatic rings. The maximum atomic E-state index is 13.1. The zero-order valence-electron chi connectivity index (χ0n) is 11.8. The first-order valence-electron chi connectivity index (χ1n) is 7.46. The Morgan fingerprint density at radius 3 is 3.15 bits per heavy atom. The summed E-state index contributed by atoms with van der Waals surface area (Å²) in [5.41, 5.74) is 0.667. The Labute approximate surface area is 118 Å². The molecule has 1 saturated carbocycles. The highest BCUT2D eigenvalue weighted by Gasteiger charge is 2.18. The van der Waals surface area contributed by atoms with Gasteiger partial charge in [-0.2, -0.15) is 4.98 Å². The van der Waals surface area contributed by atoms with Gasteiger partial charge in [0.25, 0.3) is 0 Å². The molecule has 0 spiro atoms. The van der Waals surface area contributed by atoms with Crippen LogP contribution < -0.4 is 5.32 Å². The Morgan fingerprint density at radius 1 is 1.40 bits per heavy atom. The summed E-state index contributed by atoms with van der Waals surface area (Å²) < 4.78 is 14.5. The fourth-order valence-corrected chi connectivity index (χ4v) is 3.14. The Hall–Kier alpha value is -1.65. The maximum Gasteiger partial charge on any atom is 0.243 e. The molecule has 1 fully saturated rings. The van der Waals surface area contributed by atoms with Crippen molar-refractivity contribution in [3.05, 3.63) is 24.1 Å². The van der Waals surface area contributed by atoms with Crippen molar-refractivity contribution in [3.63, 3.8) is 0 Å². The molecule has 0 bridgehead atoms. The molecule has 2 aromatic rings. The van der Waals surface area contributed by atoms with Crippen LogP contribution in [-0.2, 0) is 0 Å². The molecule has 4 nitrogen and oxygen atoms in total. The number of nitrogens with zero attached hydrogens (tertiary/aromatic N) is 3. The molecule has 1 aliphatic carbocycles. The van der Waals surface area contributed by atoms with E-state index in [2.05, 4.69) is 22.3 Å². The predicted octanol–water partition coefficient (Wildman–Crippen LogP) is 3.50. The molecule has 1 N–H and O–H groups in total. The fourth-order valence-electron chi connectivity index (χ4n) is 3.14.